The van der Waals surface area contributed by atoms with Gasteiger partial charge in [0.25, 0.3) is 0 Å². The Morgan fingerprint density at radius 2 is 2.47 bits per heavy atom. The molecule has 2 N–H and O–H groups in total. The maximum atomic E-state index is 10.9. The van der Waals surface area contributed by atoms with Crippen molar-refractivity contribution in [3.05, 3.63) is 11.9 Å². The Kier molecular flexibility index (Phi) is 2.62. The van der Waals surface area contributed by atoms with E-state index in [0.29, 0.717) is 18.3 Å². The Balaban J connectivity index is 2.18. The second-order valence-electron chi connectivity index (χ2n) is 3.82. The van der Waals surface area contributed by atoms with Crippen molar-refractivity contribution >= 4 is 11.7 Å². The second kappa shape index (κ2) is 3.92. The van der Waals surface area contributed by atoms with Crippen molar-refractivity contribution in [1.82, 2.24) is 9.78 Å². The second-order valence-corrected chi connectivity index (χ2v) is 3.82. The minimum Gasteiger partial charge on any atom is -0.476 e. The molecule has 0 unspecified atom stereocenters. The summed E-state index contributed by atoms with van der Waals surface area (Å²) in [6, 6.07) is 0.428. The SMILES string of the molecule is CCn1cc(NC2CCC2)c(C(=O)O)n1. The molecule has 0 spiro atoms. The fourth-order valence-electron chi connectivity index (χ4n) is 1.62. The molecule has 0 radical (unpaired) electrons. The summed E-state index contributed by atoms with van der Waals surface area (Å²) < 4.78 is 1.64. The van der Waals surface area contributed by atoms with Gasteiger partial charge in [0, 0.05) is 18.8 Å². The number of carbonyl (C=O) groups is 1. The van der Waals surface area contributed by atoms with Crippen LogP contribution in [0, 0.1) is 0 Å². The van der Waals surface area contributed by atoms with Crippen molar-refractivity contribution in [2.75, 3.05) is 5.32 Å². The molecule has 0 amide bonds. The third-order valence-corrected chi connectivity index (χ3v) is 2.75. The molecule has 1 fully saturated rings. The van der Waals surface area contributed by atoms with E-state index >= 15 is 0 Å². The van der Waals surface area contributed by atoms with Crippen LogP contribution < -0.4 is 5.32 Å². The maximum Gasteiger partial charge on any atom is 0.358 e. The Morgan fingerprint density at radius 1 is 1.73 bits per heavy atom. The first kappa shape index (κ1) is 10.0. The standard InChI is InChI=1S/C10H15N3O2/c1-2-13-6-8(9(12-13)10(14)15)11-7-4-3-5-7/h6-7,11H,2-5H2,1H3,(H,14,15). The lowest BCUT2D eigenvalue weighted by molar-refractivity contribution is 0.0690. The first-order valence-corrected chi connectivity index (χ1v) is 5.28. The monoisotopic (exact) mass is 209 g/mol. The van der Waals surface area contributed by atoms with Crippen LogP contribution in [0.4, 0.5) is 5.69 Å². The third kappa shape index (κ3) is 1.95. The summed E-state index contributed by atoms with van der Waals surface area (Å²) in [4.78, 5) is 10.9. The fraction of sp³-hybridized carbons (Fsp3) is 0.600. The van der Waals surface area contributed by atoms with Crippen LogP contribution in [0.25, 0.3) is 0 Å². The van der Waals surface area contributed by atoms with Crippen LogP contribution in [-0.4, -0.2) is 26.9 Å². The summed E-state index contributed by atoms with van der Waals surface area (Å²) in [5, 5.41) is 16.2. The van der Waals surface area contributed by atoms with Crippen LogP contribution in [0.3, 0.4) is 0 Å². The number of carboxylic acids is 1. The Morgan fingerprint density at radius 3 is 2.93 bits per heavy atom. The molecule has 15 heavy (non-hydrogen) atoms. The normalized spacial score (nSPS) is 16.1. The van der Waals surface area contributed by atoms with E-state index in [-0.39, 0.29) is 5.69 Å². The van der Waals surface area contributed by atoms with Crippen LogP contribution in [0.15, 0.2) is 6.20 Å². The highest BCUT2D eigenvalue weighted by Crippen LogP contribution is 2.24. The van der Waals surface area contributed by atoms with Gasteiger partial charge in [0.15, 0.2) is 5.69 Å². The van der Waals surface area contributed by atoms with E-state index in [2.05, 4.69) is 10.4 Å². The van der Waals surface area contributed by atoms with Crippen molar-refractivity contribution in [2.45, 2.75) is 38.8 Å². The maximum absolute atomic E-state index is 10.9. The van der Waals surface area contributed by atoms with Crippen molar-refractivity contribution in [1.29, 1.82) is 0 Å². The summed E-state index contributed by atoms with van der Waals surface area (Å²) in [6.45, 7) is 2.62. The number of aryl methyl sites for hydroxylation is 1. The van der Waals surface area contributed by atoms with Gasteiger partial charge in [-0.1, -0.05) is 0 Å². The molecule has 1 heterocycles. The number of hydrogen-bond donors (Lipinski definition) is 2. The van der Waals surface area contributed by atoms with Crippen LogP contribution in [0.2, 0.25) is 0 Å². The number of hydrogen-bond acceptors (Lipinski definition) is 3. The molecule has 5 nitrogen and oxygen atoms in total. The van der Waals surface area contributed by atoms with Crippen molar-refractivity contribution < 1.29 is 9.90 Å². The van der Waals surface area contributed by atoms with E-state index in [0.717, 1.165) is 12.8 Å². The highest BCUT2D eigenvalue weighted by molar-refractivity contribution is 5.91. The molecule has 1 aromatic rings. The molecule has 0 aliphatic heterocycles. The van der Waals surface area contributed by atoms with E-state index in [1.54, 1.807) is 10.9 Å². The van der Waals surface area contributed by atoms with Gasteiger partial charge in [0.2, 0.25) is 0 Å². The molecule has 0 aromatic carbocycles. The van der Waals surface area contributed by atoms with E-state index in [1.165, 1.54) is 6.42 Å². The molecule has 5 heteroatoms. The molecule has 82 valence electrons. The van der Waals surface area contributed by atoms with E-state index in [9.17, 15) is 4.79 Å². The average Bonchev–Trinajstić information content (AvgIpc) is 2.54. The average molecular weight is 209 g/mol. The van der Waals surface area contributed by atoms with Gasteiger partial charge in [-0.15, -0.1) is 0 Å². The summed E-state index contributed by atoms with van der Waals surface area (Å²) >= 11 is 0. The number of rotatable bonds is 4. The minimum absolute atomic E-state index is 0.128. The van der Waals surface area contributed by atoms with Crippen LogP contribution >= 0.6 is 0 Å². The molecule has 0 atom stereocenters. The first-order chi connectivity index (χ1) is 7.20. The molecular formula is C10H15N3O2. The van der Waals surface area contributed by atoms with Crippen LogP contribution in [0.1, 0.15) is 36.7 Å². The Labute approximate surface area is 88.1 Å². The quantitative estimate of drug-likeness (QED) is 0.789. The van der Waals surface area contributed by atoms with Crippen LogP contribution in [0.5, 0.6) is 0 Å². The van der Waals surface area contributed by atoms with Crippen molar-refractivity contribution in [2.24, 2.45) is 0 Å². The number of aromatic nitrogens is 2. The number of aromatic carboxylic acids is 1. The van der Waals surface area contributed by atoms with Gasteiger partial charge in [0.1, 0.15) is 0 Å². The molecule has 1 saturated carbocycles. The molecule has 1 aliphatic carbocycles. The summed E-state index contributed by atoms with van der Waals surface area (Å²) in [5.74, 6) is -0.968. The lowest BCUT2D eigenvalue weighted by Gasteiger charge is -2.26. The first-order valence-electron chi connectivity index (χ1n) is 5.28. The third-order valence-electron chi connectivity index (χ3n) is 2.75. The van der Waals surface area contributed by atoms with Crippen LogP contribution in [-0.2, 0) is 6.54 Å². The summed E-state index contributed by atoms with van der Waals surface area (Å²) in [5.41, 5.74) is 0.776. The smallest absolute Gasteiger partial charge is 0.358 e. The van der Waals surface area contributed by atoms with Crippen molar-refractivity contribution in [3.8, 4) is 0 Å². The molecule has 2 rings (SSSR count). The van der Waals surface area contributed by atoms with Crippen molar-refractivity contribution in [3.63, 3.8) is 0 Å². The molecule has 0 bridgehead atoms. The predicted octanol–water partition coefficient (Wildman–Crippen LogP) is 1.57. The van der Waals surface area contributed by atoms with Gasteiger partial charge in [-0.3, -0.25) is 4.68 Å². The number of nitrogens with one attached hydrogen (secondary N) is 1. The predicted molar refractivity (Wildman–Crippen MR) is 56.1 cm³/mol. The minimum atomic E-state index is -0.968. The molecule has 1 aromatic heterocycles. The highest BCUT2D eigenvalue weighted by Gasteiger charge is 2.22. The number of anilines is 1. The van der Waals surface area contributed by atoms with Gasteiger partial charge in [-0.2, -0.15) is 5.10 Å². The summed E-state index contributed by atoms with van der Waals surface area (Å²) in [7, 11) is 0. The lowest BCUT2D eigenvalue weighted by atomic mass is 9.93. The van der Waals surface area contributed by atoms with E-state index < -0.39 is 5.97 Å². The zero-order valence-corrected chi connectivity index (χ0v) is 8.73. The zero-order chi connectivity index (χ0) is 10.8. The van der Waals surface area contributed by atoms with Gasteiger partial charge >= 0.3 is 5.97 Å². The summed E-state index contributed by atoms with van der Waals surface area (Å²) in [6.07, 6.45) is 5.23. The Hall–Kier alpha value is -1.52. The zero-order valence-electron chi connectivity index (χ0n) is 8.73. The fourth-order valence-corrected chi connectivity index (χ4v) is 1.62. The molecule has 1 aliphatic rings. The van der Waals surface area contributed by atoms with E-state index in [4.69, 9.17) is 5.11 Å². The largest absolute Gasteiger partial charge is 0.476 e. The number of carboxylic acid groups (broad SMARTS) is 1. The Bertz CT molecular complexity index is 369. The highest BCUT2D eigenvalue weighted by atomic mass is 16.4. The van der Waals surface area contributed by atoms with E-state index in [1.807, 2.05) is 6.92 Å². The number of nitrogens with zero attached hydrogens (tertiary/aromatic N) is 2. The molecule has 0 saturated heterocycles. The molecular weight excluding hydrogens is 194 g/mol. The van der Waals surface area contributed by atoms with Gasteiger partial charge in [-0.05, 0) is 26.2 Å². The van der Waals surface area contributed by atoms with Gasteiger partial charge in [0.05, 0.1) is 5.69 Å². The topological polar surface area (TPSA) is 67.2 Å². The van der Waals surface area contributed by atoms with Gasteiger partial charge in [-0.25, -0.2) is 4.79 Å². The van der Waals surface area contributed by atoms with Gasteiger partial charge < -0.3 is 10.4 Å². The lowest BCUT2D eigenvalue weighted by Crippen LogP contribution is -2.27.